The Kier molecular flexibility index (Phi) is 6.47. The Balaban J connectivity index is 1.50. The highest BCUT2D eigenvalue weighted by Crippen LogP contribution is 2.15. The van der Waals surface area contributed by atoms with Crippen LogP contribution in [0.15, 0.2) is 78.9 Å². The minimum atomic E-state index is -0.157. The molecule has 27 heavy (non-hydrogen) atoms. The molecule has 0 aromatic heterocycles. The number of benzene rings is 3. The SMILES string of the molecule is Cc1cccc(OCC(=O)NCc2ccccc2COc2ccccc2)c1. The Bertz CT molecular complexity index is 878. The van der Waals surface area contributed by atoms with Crippen molar-refractivity contribution in [2.75, 3.05) is 6.61 Å². The molecule has 3 aromatic carbocycles. The first-order chi connectivity index (χ1) is 13.2. The summed E-state index contributed by atoms with van der Waals surface area (Å²) in [5.74, 6) is 1.36. The third-order valence-corrected chi connectivity index (χ3v) is 4.09. The van der Waals surface area contributed by atoms with E-state index >= 15 is 0 Å². The molecule has 0 radical (unpaired) electrons. The molecule has 0 heterocycles. The lowest BCUT2D eigenvalue weighted by molar-refractivity contribution is -0.123. The summed E-state index contributed by atoms with van der Waals surface area (Å²) in [6, 6.07) is 25.2. The van der Waals surface area contributed by atoms with Crippen LogP contribution in [0.3, 0.4) is 0 Å². The van der Waals surface area contributed by atoms with E-state index in [-0.39, 0.29) is 12.5 Å². The van der Waals surface area contributed by atoms with Gasteiger partial charge in [0, 0.05) is 6.54 Å². The van der Waals surface area contributed by atoms with Gasteiger partial charge in [0.1, 0.15) is 18.1 Å². The molecule has 0 aliphatic carbocycles. The number of rotatable bonds is 8. The monoisotopic (exact) mass is 361 g/mol. The van der Waals surface area contributed by atoms with Gasteiger partial charge in [0.2, 0.25) is 0 Å². The van der Waals surface area contributed by atoms with E-state index in [1.807, 2.05) is 85.8 Å². The van der Waals surface area contributed by atoms with Gasteiger partial charge in [-0.05, 0) is 47.9 Å². The fraction of sp³-hybridized carbons (Fsp3) is 0.174. The van der Waals surface area contributed by atoms with E-state index < -0.39 is 0 Å². The molecular formula is C23H23NO3. The van der Waals surface area contributed by atoms with Crippen molar-refractivity contribution in [3.8, 4) is 11.5 Å². The molecule has 0 saturated heterocycles. The fourth-order valence-corrected chi connectivity index (χ4v) is 2.65. The second kappa shape index (κ2) is 9.43. The second-order valence-electron chi connectivity index (χ2n) is 6.25. The predicted octanol–water partition coefficient (Wildman–Crippen LogP) is 4.27. The van der Waals surface area contributed by atoms with Crippen LogP contribution in [0.2, 0.25) is 0 Å². The number of para-hydroxylation sites is 1. The van der Waals surface area contributed by atoms with Crippen molar-refractivity contribution in [2.24, 2.45) is 0 Å². The Hall–Kier alpha value is -3.27. The van der Waals surface area contributed by atoms with Crippen molar-refractivity contribution in [3.05, 3.63) is 95.6 Å². The summed E-state index contributed by atoms with van der Waals surface area (Å²) >= 11 is 0. The molecule has 4 heteroatoms. The van der Waals surface area contributed by atoms with Gasteiger partial charge in [-0.1, -0.05) is 54.6 Å². The van der Waals surface area contributed by atoms with E-state index in [1.165, 1.54) is 0 Å². The number of hydrogen-bond acceptors (Lipinski definition) is 3. The topological polar surface area (TPSA) is 47.6 Å². The van der Waals surface area contributed by atoms with Gasteiger partial charge < -0.3 is 14.8 Å². The van der Waals surface area contributed by atoms with Crippen molar-refractivity contribution in [1.82, 2.24) is 5.32 Å². The smallest absolute Gasteiger partial charge is 0.258 e. The van der Waals surface area contributed by atoms with Crippen LogP contribution in [0.1, 0.15) is 16.7 Å². The highest BCUT2D eigenvalue weighted by Gasteiger charge is 2.07. The zero-order valence-corrected chi connectivity index (χ0v) is 15.4. The fourth-order valence-electron chi connectivity index (χ4n) is 2.65. The molecule has 0 aliphatic heterocycles. The molecule has 4 nitrogen and oxygen atoms in total. The number of ether oxygens (including phenoxy) is 2. The summed E-state index contributed by atoms with van der Waals surface area (Å²) in [5.41, 5.74) is 3.17. The molecular weight excluding hydrogens is 338 g/mol. The van der Waals surface area contributed by atoms with Crippen LogP contribution in [0.4, 0.5) is 0 Å². The summed E-state index contributed by atoms with van der Waals surface area (Å²) < 4.78 is 11.4. The molecule has 0 unspecified atom stereocenters. The number of hydrogen-bond donors (Lipinski definition) is 1. The summed E-state index contributed by atoms with van der Waals surface area (Å²) in [7, 11) is 0. The largest absolute Gasteiger partial charge is 0.489 e. The van der Waals surface area contributed by atoms with Crippen LogP contribution in [0.25, 0.3) is 0 Å². The molecule has 1 N–H and O–H groups in total. The van der Waals surface area contributed by atoms with Gasteiger partial charge in [0.15, 0.2) is 6.61 Å². The van der Waals surface area contributed by atoms with Crippen LogP contribution < -0.4 is 14.8 Å². The molecule has 0 atom stereocenters. The van der Waals surface area contributed by atoms with Crippen molar-refractivity contribution in [2.45, 2.75) is 20.1 Å². The van der Waals surface area contributed by atoms with Gasteiger partial charge in [0.25, 0.3) is 5.91 Å². The third-order valence-electron chi connectivity index (χ3n) is 4.09. The molecule has 3 aromatic rings. The molecule has 0 fully saturated rings. The van der Waals surface area contributed by atoms with Gasteiger partial charge in [-0.15, -0.1) is 0 Å². The highest BCUT2D eigenvalue weighted by atomic mass is 16.5. The zero-order chi connectivity index (χ0) is 18.9. The average Bonchev–Trinajstić information content (AvgIpc) is 2.70. The number of carbonyl (C=O) groups is 1. The van der Waals surface area contributed by atoms with Crippen molar-refractivity contribution < 1.29 is 14.3 Å². The minimum absolute atomic E-state index is 0.00780. The van der Waals surface area contributed by atoms with Crippen LogP contribution in [0.5, 0.6) is 11.5 Å². The van der Waals surface area contributed by atoms with Crippen molar-refractivity contribution in [3.63, 3.8) is 0 Å². The molecule has 0 aliphatic rings. The van der Waals surface area contributed by atoms with Gasteiger partial charge in [-0.2, -0.15) is 0 Å². The number of amides is 1. The molecule has 1 amide bonds. The Labute approximate surface area is 159 Å². The lowest BCUT2D eigenvalue weighted by atomic mass is 10.1. The van der Waals surface area contributed by atoms with Crippen LogP contribution >= 0.6 is 0 Å². The summed E-state index contributed by atoms with van der Waals surface area (Å²) in [4.78, 5) is 12.1. The number of aryl methyl sites for hydroxylation is 1. The van der Waals surface area contributed by atoms with Crippen LogP contribution in [-0.2, 0) is 17.9 Å². The highest BCUT2D eigenvalue weighted by molar-refractivity contribution is 5.77. The molecule has 138 valence electrons. The second-order valence-corrected chi connectivity index (χ2v) is 6.25. The first-order valence-corrected chi connectivity index (χ1v) is 8.91. The van der Waals surface area contributed by atoms with E-state index in [4.69, 9.17) is 9.47 Å². The zero-order valence-electron chi connectivity index (χ0n) is 15.4. The maximum Gasteiger partial charge on any atom is 0.258 e. The number of nitrogens with one attached hydrogen (secondary N) is 1. The van der Waals surface area contributed by atoms with E-state index in [1.54, 1.807) is 0 Å². The van der Waals surface area contributed by atoms with Gasteiger partial charge in [0.05, 0.1) is 0 Å². The first kappa shape index (κ1) is 18.5. The van der Waals surface area contributed by atoms with Crippen LogP contribution in [0, 0.1) is 6.92 Å². The third kappa shape index (κ3) is 5.89. The van der Waals surface area contributed by atoms with Gasteiger partial charge in [-0.3, -0.25) is 4.79 Å². The molecule has 0 saturated carbocycles. The van der Waals surface area contributed by atoms with E-state index in [0.717, 1.165) is 22.4 Å². The average molecular weight is 361 g/mol. The van der Waals surface area contributed by atoms with Gasteiger partial charge in [-0.25, -0.2) is 0 Å². The summed E-state index contributed by atoms with van der Waals surface area (Å²) in [5, 5.41) is 2.90. The maximum atomic E-state index is 12.1. The summed E-state index contributed by atoms with van der Waals surface area (Å²) in [6.45, 7) is 2.87. The van der Waals surface area contributed by atoms with E-state index in [0.29, 0.717) is 18.9 Å². The Morgan fingerprint density at radius 3 is 2.30 bits per heavy atom. The summed E-state index contributed by atoms with van der Waals surface area (Å²) in [6.07, 6.45) is 0. The maximum absolute atomic E-state index is 12.1. The molecule has 3 rings (SSSR count). The minimum Gasteiger partial charge on any atom is -0.489 e. The lowest BCUT2D eigenvalue weighted by Gasteiger charge is -2.12. The quantitative estimate of drug-likeness (QED) is 0.652. The standard InChI is InChI=1S/C23H23NO3/c1-18-8-7-13-22(14-18)27-17-23(25)24-15-19-9-5-6-10-20(19)16-26-21-11-3-2-4-12-21/h2-14H,15-17H2,1H3,(H,24,25). The molecule has 0 spiro atoms. The van der Waals surface area contributed by atoms with E-state index in [2.05, 4.69) is 5.32 Å². The van der Waals surface area contributed by atoms with E-state index in [9.17, 15) is 4.79 Å². The van der Waals surface area contributed by atoms with Crippen molar-refractivity contribution in [1.29, 1.82) is 0 Å². The first-order valence-electron chi connectivity index (χ1n) is 8.91. The normalized spacial score (nSPS) is 10.3. The lowest BCUT2D eigenvalue weighted by Crippen LogP contribution is -2.28. The van der Waals surface area contributed by atoms with Crippen molar-refractivity contribution >= 4 is 5.91 Å². The number of carbonyl (C=O) groups excluding carboxylic acids is 1. The van der Waals surface area contributed by atoms with Crippen LogP contribution in [-0.4, -0.2) is 12.5 Å². The predicted molar refractivity (Wildman–Crippen MR) is 106 cm³/mol. The van der Waals surface area contributed by atoms with Gasteiger partial charge >= 0.3 is 0 Å². The Morgan fingerprint density at radius 1 is 0.815 bits per heavy atom. The molecule has 0 bridgehead atoms. The Morgan fingerprint density at radius 2 is 1.52 bits per heavy atom.